The number of nitrogen functional groups attached to an aromatic ring is 1. The summed E-state index contributed by atoms with van der Waals surface area (Å²) in [6.45, 7) is 3.37. The normalized spacial score (nSPS) is 18.9. The summed E-state index contributed by atoms with van der Waals surface area (Å²) in [6.07, 6.45) is 0. The molecule has 0 aliphatic carbocycles. The van der Waals surface area contributed by atoms with E-state index in [1.807, 2.05) is 18.2 Å². The third kappa shape index (κ3) is 1.39. The van der Waals surface area contributed by atoms with Gasteiger partial charge >= 0.3 is 0 Å². The monoisotopic (exact) mass is 254 g/mol. The lowest BCUT2D eigenvalue weighted by Crippen LogP contribution is -2.21. The Hall–Kier alpha value is -2.14. The van der Waals surface area contributed by atoms with Gasteiger partial charge in [-0.1, -0.05) is 18.2 Å². The summed E-state index contributed by atoms with van der Waals surface area (Å²) in [5.41, 5.74) is 8.82. The Bertz CT molecular complexity index is 793. The van der Waals surface area contributed by atoms with E-state index < -0.39 is 0 Å². The van der Waals surface area contributed by atoms with Gasteiger partial charge in [0.25, 0.3) is 0 Å². The highest BCUT2D eigenvalue weighted by atomic mass is 16.5. The molecule has 3 aromatic rings. The molecule has 5 heteroatoms. The fourth-order valence-electron chi connectivity index (χ4n) is 2.84. The van der Waals surface area contributed by atoms with Gasteiger partial charge in [0.15, 0.2) is 5.82 Å². The van der Waals surface area contributed by atoms with Gasteiger partial charge in [-0.05, 0) is 13.0 Å². The first-order valence-electron chi connectivity index (χ1n) is 6.38. The van der Waals surface area contributed by atoms with Crippen LogP contribution in [-0.4, -0.2) is 21.1 Å². The van der Waals surface area contributed by atoms with Crippen molar-refractivity contribution in [2.75, 3.05) is 12.3 Å². The lowest BCUT2D eigenvalue weighted by Gasteiger charge is -2.23. The van der Waals surface area contributed by atoms with E-state index in [0.29, 0.717) is 19.0 Å². The molecule has 19 heavy (non-hydrogen) atoms. The quantitative estimate of drug-likeness (QED) is 0.668. The molecule has 2 N–H and O–H groups in total. The van der Waals surface area contributed by atoms with Gasteiger partial charge in [-0.25, -0.2) is 9.97 Å². The van der Waals surface area contributed by atoms with Crippen molar-refractivity contribution < 1.29 is 4.74 Å². The molecule has 4 rings (SSSR count). The van der Waals surface area contributed by atoms with Crippen LogP contribution in [0, 0.1) is 0 Å². The highest BCUT2D eigenvalue weighted by molar-refractivity contribution is 6.06. The summed E-state index contributed by atoms with van der Waals surface area (Å²) in [7, 11) is 0. The Balaban J connectivity index is 2.24. The molecule has 0 spiro atoms. The Morgan fingerprint density at radius 1 is 1.32 bits per heavy atom. The number of rotatable bonds is 0. The van der Waals surface area contributed by atoms with Crippen LogP contribution in [0.4, 0.5) is 5.82 Å². The van der Waals surface area contributed by atoms with Gasteiger partial charge in [0, 0.05) is 5.39 Å². The van der Waals surface area contributed by atoms with E-state index in [1.54, 1.807) is 0 Å². The average Bonchev–Trinajstić information content (AvgIpc) is 2.81. The largest absolute Gasteiger partial charge is 0.382 e. The summed E-state index contributed by atoms with van der Waals surface area (Å²) in [5.74, 6) is 1.42. The molecule has 3 heterocycles. The maximum Gasteiger partial charge on any atom is 0.152 e. The fraction of sp³-hybridized carbons (Fsp3) is 0.286. The van der Waals surface area contributed by atoms with E-state index in [1.165, 1.54) is 0 Å². The predicted octanol–water partition coefficient (Wildman–Crippen LogP) is 2.26. The molecule has 1 aliphatic heterocycles. The second-order valence-corrected chi connectivity index (χ2v) is 4.97. The SMILES string of the molecule is C[C@H]1COCc2nc3c(N)nc4ccccc4c3n21. The molecule has 0 amide bonds. The van der Waals surface area contributed by atoms with E-state index in [0.717, 1.165) is 27.8 Å². The minimum atomic E-state index is 0.263. The van der Waals surface area contributed by atoms with Gasteiger partial charge in [-0.15, -0.1) is 0 Å². The number of ether oxygens (including phenoxy) is 1. The van der Waals surface area contributed by atoms with Crippen LogP contribution in [-0.2, 0) is 11.3 Å². The lowest BCUT2D eigenvalue weighted by atomic mass is 10.1. The Labute approximate surface area is 110 Å². The van der Waals surface area contributed by atoms with E-state index >= 15 is 0 Å². The number of aromatic nitrogens is 3. The first-order valence-corrected chi connectivity index (χ1v) is 6.38. The van der Waals surface area contributed by atoms with Crippen molar-refractivity contribution in [3.8, 4) is 0 Å². The highest BCUT2D eigenvalue weighted by Gasteiger charge is 2.23. The zero-order valence-electron chi connectivity index (χ0n) is 10.6. The van der Waals surface area contributed by atoms with Crippen LogP contribution in [0.25, 0.3) is 21.9 Å². The minimum absolute atomic E-state index is 0.263. The van der Waals surface area contributed by atoms with E-state index in [-0.39, 0.29) is 6.04 Å². The van der Waals surface area contributed by atoms with Crippen molar-refractivity contribution in [2.45, 2.75) is 19.6 Å². The van der Waals surface area contributed by atoms with Crippen molar-refractivity contribution >= 4 is 27.8 Å². The number of nitrogens with zero attached hydrogens (tertiary/aromatic N) is 3. The summed E-state index contributed by atoms with van der Waals surface area (Å²) in [4.78, 5) is 9.04. The molecular weight excluding hydrogens is 240 g/mol. The zero-order valence-corrected chi connectivity index (χ0v) is 10.6. The van der Waals surface area contributed by atoms with Crippen molar-refractivity contribution in [3.05, 3.63) is 30.1 Å². The number of para-hydroxylation sites is 1. The van der Waals surface area contributed by atoms with Crippen LogP contribution < -0.4 is 5.73 Å². The molecule has 0 saturated carbocycles. The number of hydrogen-bond acceptors (Lipinski definition) is 4. The summed E-state index contributed by atoms with van der Waals surface area (Å²) in [6, 6.07) is 8.31. The van der Waals surface area contributed by atoms with Gasteiger partial charge in [0.1, 0.15) is 17.9 Å². The van der Waals surface area contributed by atoms with Crippen LogP contribution in [0.3, 0.4) is 0 Å². The van der Waals surface area contributed by atoms with Gasteiger partial charge < -0.3 is 15.0 Å². The number of hydrogen-bond donors (Lipinski definition) is 1. The van der Waals surface area contributed by atoms with Gasteiger partial charge in [0.05, 0.1) is 23.7 Å². The van der Waals surface area contributed by atoms with Crippen LogP contribution in [0.15, 0.2) is 24.3 Å². The Morgan fingerprint density at radius 3 is 3.05 bits per heavy atom. The molecule has 96 valence electrons. The lowest BCUT2D eigenvalue weighted by molar-refractivity contribution is 0.0622. The molecule has 0 radical (unpaired) electrons. The first-order chi connectivity index (χ1) is 9.25. The van der Waals surface area contributed by atoms with Crippen LogP contribution in [0.1, 0.15) is 18.8 Å². The molecule has 0 bridgehead atoms. The number of nitrogens with two attached hydrogens (primary N) is 1. The Kier molecular flexibility index (Phi) is 2.08. The van der Waals surface area contributed by atoms with Gasteiger partial charge in [0.2, 0.25) is 0 Å². The van der Waals surface area contributed by atoms with Crippen molar-refractivity contribution in [2.24, 2.45) is 0 Å². The molecular formula is C14H14N4O. The number of benzene rings is 1. The number of fused-ring (bicyclic) bond motifs is 5. The first kappa shape index (κ1) is 10.8. The molecule has 0 saturated heterocycles. The molecule has 5 nitrogen and oxygen atoms in total. The molecule has 2 aromatic heterocycles. The molecule has 1 atom stereocenters. The number of pyridine rings is 1. The standard InChI is InChI=1S/C14H14N4O/c1-8-6-19-7-11-17-12-13(18(8)11)9-4-2-3-5-10(9)16-14(12)15/h2-5,8H,6-7H2,1H3,(H2,15,16)/t8-/m0/s1. The summed E-state index contributed by atoms with van der Waals surface area (Å²) >= 11 is 0. The molecule has 0 fully saturated rings. The second kappa shape index (κ2) is 3.68. The van der Waals surface area contributed by atoms with Crippen molar-refractivity contribution in [1.82, 2.24) is 14.5 Å². The highest BCUT2D eigenvalue weighted by Crippen LogP contribution is 2.32. The molecule has 1 aromatic carbocycles. The Morgan fingerprint density at radius 2 is 2.16 bits per heavy atom. The van der Waals surface area contributed by atoms with Crippen molar-refractivity contribution in [3.63, 3.8) is 0 Å². The summed E-state index contributed by atoms with van der Waals surface area (Å²) < 4.78 is 7.78. The number of anilines is 1. The van der Waals surface area contributed by atoms with Crippen LogP contribution in [0.2, 0.25) is 0 Å². The molecule has 1 aliphatic rings. The number of imidazole rings is 1. The smallest absolute Gasteiger partial charge is 0.152 e. The topological polar surface area (TPSA) is 66.0 Å². The van der Waals surface area contributed by atoms with E-state index in [2.05, 4.69) is 27.5 Å². The van der Waals surface area contributed by atoms with Crippen LogP contribution in [0.5, 0.6) is 0 Å². The zero-order chi connectivity index (χ0) is 13.0. The average molecular weight is 254 g/mol. The molecule has 0 unspecified atom stereocenters. The maximum atomic E-state index is 6.05. The van der Waals surface area contributed by atoms with Crippen molar-refractivity contribution in [1.29, 1.82) is 0 Å². The van der Waals surface area contributed by atoms with Gasteiger partial charge in [-0.3, -0.25) is 0 Å². The predicted molar refractivity (Wildman–Crippen MR) is 73.8 cm³/mol. The van der Waals surface area contributed by atoms with Gasteiger partial charge in [-0.2, -0.15) is 0 Å². The summed E-state index contributed by atoms with van der Waals surface area (Å²) in [5, 5.41) is 1.10. The maximum absolute atomic E-state index is 6.05. The third-order valence-corrected chi connectivity index (χ3v) is 3.66. The second-order valence-electron chi connectivity index (χ2n) is 4.97. The van der Waals surface area contributed by atoms with Crippen LogP contribution >= 0.6 is 0 Å². The third-order valence-electron chi connectivity index (χ3n) is 3.66. The van der Waals surface area contributed by atoms with E-state index in [9.17, 15) is 0 Å². The fourth-order valence-corrected chi connectivity index (χ4v) is 2.84. The minimum Gasteiger partial charge on any atom is -0.382 e. The van der Waals surface area contributed by atoms with E-state index in [4.69, 9.17) is 10.5 Å².